The summed E-state index contributed by atoms with van der Waals surface area (Å²) in [6.45, 7) is 15.6. The molecule has 4 heteroatoms. The maximum atomic E-state index is 12.4. The Morgan fingerprint density at radius 2 is 1.68 bits per heavy atom. The standard InChI is InChI=1S/C18H37NO3/c1-7-11-17(5,8-2)14-22-15-18(6,9-3)16(20)19-12-13-21-10-4/h7-15H2,1-6H3,(H,19,20). The third-order valence-corrected chi connectivity index (χ3v) is 4.64. The van der Waals surface area contributed by atoms with Crippen LogP contribution in [0.5, 0.6) is 0 Å². The van der Waals surface area contributed by atoms with Crippen LogP contribution in [0, 0.1) is 10.8 Å². The first-order valence-corrected chi connectivity index (χ1v) is 8.81. The van der Waals surface area contributed by atoms with E-state index in [-0.39, 0.29) is 11.3 Å². The number of rotatable bonds is 13. The van der Waals surface area contributed by atoms with Crippen molar-refractivity contribution in [2.24, 2.45) is 10.8 Å². The monoisotopic (exact) mass is 315 g/mol. The molecule has 0 saturated heterocycles. The maximum Gasteiger partial charge on any atom is 0.228 e. The second kappa shape index (κ2) is 11.0. The van der Waals surface area contributed by atoms with E-state index < -0.39 is 5.41 Å². The largest absolute Gasteiger partial charge is 0.380 e. The van der Waals surface area contributed by atoms with Crippen LogP contribution in [0.25, 0.3) is 0 Å². The van der Waals surface area contributed by atoms with Gasteiger partial charge in [-0.3, -0.25) is 4.79 Å². The summed E-state index contributed by atoms with van der Waals surface area (Å²) >= 11 is 0. The van der Waals surface area contributed by atoms with Crippen molar-refractivity contribution >= 4 is 5.91 Å². The second-order valence-corrected chi connectivity index (χ2v) is 6.77. The molecular weight excluding hydrogens is 278 g/mol. The Kier molecular flexibility index (Phi) is 10.7. The fourth-order valence-corrected chi connectivity index (χ4v) is 2.40. The molecule has 0 aliphatic carbocycles. The van der Waals surface area contributed by atoms with Gasteiger partial charge in [-0.2, -0.15) is 0 Å². The number of nitrogens with one attached hydrogen (secondary N) is 1. The van der Waals surface area contributed by atoms with Crippen molar-refractivity contribution in [3.63, 3.8) is 0 Å². The Hall–Kier alpha value is -0.610. The molecule has 4 nitrogen and oxygen atoms in total. The molecule has 22 heavy (non-hydrogen) atoms. The topological polar surface area (TPSA) is 47.6 Å². The van der Waals surface area contributed by atoms with Gasteiger partial charge in [-0.05, 0) is 38.5 Å². The van der Waals surface area contributed by atoms with Crippen molar-refractivity contribution in [3.8, 4) is 0 Å². The molecular formula is C18H37NO3. The normalized spacial score (nSPS) is 16.8. The van der Waals surface area contributed by atoms with Gasteiger partial charge < -0.3 is 14.8 Å². The third kappa shape index (κ3) is 7.59. The van der Waals surface area contributed by atoms with Crippen LogP contribution in [-0.2, 0) is 14.3 Å². The van der Waals surface area contributed by atoms with Crippen LogP contribution in [0.4, 0.5) is 0 Å². The zero-order valence-electron chi connectivity index (χ0n) is 15.6. The highest BCUT2D eigenvalue weighted by Crippen LogP contribution is 2.29. The molecule has 0 rings (SSSR count). The van der Waals surface area contributed by atoms with Gasteiger partial charge in [0, 0.05) is 13.2 Å². The van der Waals surface area contributed by atoms with Gasteiger partial charge in [-0.15, -0.1) is 0 Å². The van der Waals surface area contributed by atoms with Crippen molar-refractivity contribution in [1.82, 2.24) is 5.32 Å². The Bertz CT molecular complexity index is 309. The van der Waals surface area contributed by atoms with Gasteiger partial charge >= 0.3 is 0 Å². The lowest BCUT2D eigenvalue weighted by Gasteiger charge is -2.31. The molecule has 0 fully saturated rings. The van der Waals surface area contributed by atoms with Crippen molar-refractivity contribution in [3.05, 3.63) is 0 Å². The lowest BCUT2D eigenvalue weighted by Crippen LogP contribution is -2.43. The Labute approximate surface area is 137 Å². The highest BCUT2D eigenvalue weighted by molar-refractivity contribution is 5.82. The number of amides is 1. The molecule has 0 aliphatic rings. The van der Waals surface area contributed by atoms with E-state index >= 15 is 0 Å². The van der Waals surface area contributed by atoms with Crippen molar-refractivity contribution < 1.29 is 14.3 Å². The molecule has 0 bridgehead atoms. The zero-order chi connectivity index (χ0) is 17.1. The lowest BCUT2D eigenvalue weighted by molar-refractivity contribution is -0.135. The molecule has 0 aromatic heterocycles. The molecule has 1 N–H and O–H groups in total. The summed E-state index contributed by atoms with van der Waals surface area (Å²) in [7, 11) is 0. The molecule has 0 heterocycles. The first kappa shape index (κ1) is 21.4. The molecule has 1 amide bonds. The summed E-state index contributed by atoms with van der Waals surface area (Å²) in [4.78, 5) is 12.4. The van der Waals surface area contributed by atoms with E-state index in [1.165, 1.54) is 0 Å². The van der Waals surface area contributed by atoms with E-state index in [2.05, 4.69) is 26.1 Å². The average Bonchev–Trinajstić information content (AvgIpc) is 2.51. The fourth-order valence-electron chi connectivity index (χ4n) is 2.40. The molecule has 0 spiro atoms. The summed E-state index contributed by atoms with van der Waals surface area (Å²) in [5, 5.41) is 2.95. The number of carbonyl (C=O) groups is 1. The summed E-state index contributed by atoms with van der Waals surface area (Å²) in [5.74, 6) is 0.0587. The van der Waals surface area contributed by atoms with Gasteiger partial charge in [0.05, 0.1) is 25.2 Å². The van der Waals surface area contributed by atoms with Crippen LogP contribution < -0.4 is 5.32 Å². The van der Waals surface area contributed by atoms with Gasteiger partial charge in [-0.1, -0.05) is 34.1 Å². The van der Waals surface area contributed by atoms with Gasteiger partial charge in [0.2, 0.25) is 5.91 Å². The van der Waals surface area contributed by atoms with Gasteiger partial charge in [-0.25, -0.2) is 0 Å². The van der Waals surface area contributed by atoms with Crippen LogP contribution in [0.2, 0.25) is 0 Å². The smallest absolute Gasteiger partial charge is 0.228 e. The molecule has 0 aromatic rings. The number of ether oxygens (including phenoxy) is 2. The van der Waals surface area contributed by atoms with Crippen LogP contribution in [0.1, 0.15) is 67.2 Å². The second-order valence-electron chi connectivity index (χ2n) is 6.77. The fraction of sp³-hybridized carbons (Fsp3) is 0.944. The number of hydrogen-bond acceptors (Lipinski definition) is 3. The minimum atomic E-state index is -0.465. The molecule has 2 unspecified atom stereocenters. The van der Waals surface area contributed by atoms with Gasteiger partial charge in [0.1, 0.15) is 0 Å². The molecule has 0 saturated carbocycles. The van der Waals surface area contributed by atoms with Crippen molar-refractivity contribution in [2.75, 3.05) is 33.0 Å². The van der Waals surface area contributed by atoms with Crippen LogP contribution >= 0.6 is 0 Å². The SMILES string of the molecule is CCCC(C)(CC)COCC(C)(CC)C(=O)NCCOCC. The summed E-state index contributed by atoms with van der Waals surface area (Å²) in [6, 6.07) is 0. The quantitative estimate of drug-likeness (QED) is 0.526. The first-order valence-electron chi connectivity index (χ1n) is 8.81. The summed E-state index contributed by atoms with van der Waals surface area (Å²) in [6.07, 6.45) is 4.19. The van der Waals surface area contributed by atoms with Crippen molar-refractivity contribution in [2.45, 2.75) is 67.2 Å². The zero-order valence-corrected chi connectivity index (χ0v) is 15.6. The first-order chi connectivity index (χ1) is 10.4. The summed E-state index contributed by atoms with van der Waals surface area (Å²) in [5.41, 5.74) is -0.248. The molecule has 132 valence electrons. The van der Waals surface area contributed by atoms with Crippen LogP contribution in [0.15, 0.2) is 0 Å². The molecule has 0 aliphatic heterocycles. The van der Waals surface area contributed by atoms with Crippen molar-refractivity contribution in [1.29, 1.82) is 0 Å². The number of hydrogen-bond donors (Lipinski definition) is 1. The number of carbonyl (C=O) groups excluding carboxylic acids is 1. The van der Waals surface area contributed by atoms with Crippen LogP contribution in [0.3, 0.4) is 0 Å². The molecule has 0 aromatic carbocycles. The molecule has 2 atom stereocenters. The van der Waals surface area contributed by atoms with E-state index in [1.807, 2.05) is 20.8 Å². The van der Waals surface area contributed by atoms with E-state index in [0.29, 0.717) is 26.4 Å². The molecule has 0 radical (unpaired) electrons. The predicted octanol–water partition coefficient (Wildman–Crippen LogP) is 3.79. The Morgan fingerprint density at radius 3 is 2.18 bits per heavy atom. The van der Waals surface area contributed by atoms with E-state index in [4.69, 9.17) is 9.47 Å². The highest BCUT2D eigenvalue weighted by atomic mass is 16.5. The van der Waals surface area contributed by atoms with E-state index in [1.54, 1.807) is 0 Å². The Balaban J connectivity index is 4.34. The average molecular weight is 315 g/mol. The van der Waals surface area contributed by atoms with Gasteiger partial charge in [0.15, 0.2) is 0 Å². The van der Waals surface area contributed by atoms with Gasteiger partial charge in [0.25, 0.3) is 0 Å². The minimum Gasteiger partial charge on any atom is -0.380 e. The third-order valence-electron chi connectivity index (χ3n) is 4.64. The predicted molar refractivity (Wildman–Crippen MR) is 92.0 cm³/mol. The lowest BCUT2D eigenvalue weighted by atomic mass is 9.83. The van der Waals surface area contributed by atoms with E-state index in [9.17, 15) is 4.79 Å². The minimum absolute atomic E-state index is 0.0587. The maximum absolute atomic E-state index is 12.4. The Morgan fingerprint density at radius 1 is 1.00 bits per heavy atom. The van der Waals surface area contributed by atoms with Crippen LogP contribution in [-0.4, -0.2) is 38.9 Å². The summed E-state index contributed by atoms with van der Waals surface area (Å²) < 4.78 is 11.2. The van der Waals surface area contributed by atoms with E-state index in [0.717, 1.165) is 32.3 Å². The highest BCUT2D eigenvalue weighted by Gasteiger charge is 2.32.